The highest BCUT2D eigenvalue weighted by Crippen LogP contribution is 2.32. The minimum Gasteiger partial charge on any atom is -0.320 e. The quantitative estimate of drug-likeness (QED) is 0.907. The monoisotopic (exact) mass is 298 g/mol. The zero-order valence-electron chi connectivity index (χ0n) is 10.2. The molecule has 3 rings (SSSR count). The summed E-state index contributed by atoms with van der Waals surface area (Å²) in [4.78, 5) is 26.1. The second kappa shape index (κ2) is 5.46. The fraction of sp³-hybridized carbons (Fsp3) is 0.636. The number of amides is 2. The van der Waals surface area contributed by atoms with Crippen LogP contribution in [-0.4, -0.2) is 44.6 Å². The second-order valence-electron chi connectivity index (χ2n) is 4.68. The summed E-state index contributed by atoms with van der Waals surface area (Å²) in [6, 6.07) is -0.373. The Kier molecular flexibility index (Phi) is 3.69. The van der Waals surface area contributed by atoms with Gasteiger partial charge in [-0.2, -0.15) is 0 Å². The van der Waals surface area contributed by atoms with Gasteiger partial charge in [0.15, 0.2) is 0 Å². The summed E-state index contributed by atoms with van der Waals surface area (Å²) in [5.74, 6) is 1.38. The van der Waals surface area contributed by atoms with E-state index in [2.05, 4.69) is 15.5 Å². The molecule has 102 valence electrons. The maximum Gasteiger partial charge on any atom is 0.249 e. The van der Waals surface area contributed by atoms with E-state index in [1.54, 1.807) is 22.2 Å². The van der Waals surface area contributed by atoms with Crippen LogP contribution in [0.1, 0.15) is 19.3 Å². The summed E-state index contributed by atoms with van der Waals surface area (Å²) in [5.41, 5.74) is 1.57. The first kappa shape index (κ1) is 12.9. The molecule has 2 fully saturated rings. The first-order valence-corrected chi connectivity index (χ1v) is 8.24. The number of carbonyl (C=O) groups is 2. The van der Waals surface area contributed by atoms with Gasteiger partial charge in [-0.1, -0.05) is 17.8 Å². The van der Waals surface area contributed by atoms with Crippen LogP contribution in [0.3, 0.4) is 0 Å². The molecule has 1 aromatic heterocycles. The van der Waals surface area contributed by atoms with Crippen molar-refractivity contribution < 1.29 is 9.59 Å². The normalized spacial score (nSPS) is 23.2. The molecule has 1 saturated carbocycles. The molecule has 0 spiro atoms. The molecule has 2 amide bonds. The molecule has 1 atom stereocenters. The zero-order chi connectivity index (χ0) is 13.2. The molecule has 0 radical (unpaired) electrons. The van der Waals surface area contributed by atoms with Crippen LogP contribution in [0, 0.1) is 5.92 Å². The van der Waals surface area contributed by atoms with Gasteiger partial charge in [-0.15, -0.1) is 22.0 Å². The van der Waals surface area contributed by atoms with Crippen molar-refractivity contribution in [2.45, 2.75) is 25.3 Å². The van der Waals surface area contributed by atoms with Gasteiger partial charge < -0.3 is 4.90 Å². The number of thioether (sulfide) groups is 1. The largest absolute Gasteiger partial charge is 0.320 e. The van der Waals surface area contributed by atoms with Crippen molar-refractivity contribution in [2.75, 3.05) is 16.9 Å². The summed E-state index contributed by atoms with van der Waals surface area (Å²) in [6.07, 6.45) is 3.05. The van der Waals surface area contributed by atoms with Gasteiger partial charge in [0.25, 0.3) is 0 Å². The lowest BCUT2D eigenvalue weighted by molar-refractivity contribution is -0.141. The van der Waals surface area contributed by atoms with Crippen molar-refractivity contribution in [2.24, 2.45) is 5.92 Å². The highest BCUT2D eigenvalue weighted by Gasteiger charge is 2.39. The lowest BCUT2D eigenvalue weighted by atomic mass is 9.84. The fourth-order valence-electron chi connectivity index (χ4n) is 2.18. The van der Waals surface area contributed by atoms with Crippen LogP contribution in [0.25, 0.3) is 0 Å². The van der Waals surface area contributed by atoms with E-state index in [9.17, 15) is 9.59 Å². The van der Waals surface area contributed by atoms with Crippen molar-refractivity contribution in [1.29, 1.82) is 0 Å². The Morgan fingerprint density at radius 1 is 1.42 bits per heavy atom. The molecule has 2 heterocycles. The lowest BCUT2D eigenvalue weighted by Gasteiger charge is -2.31. The highest BCUT2D eigenvalue weighted by molar-refractivity contribution is 7.99. The molecule has 1 saturated heterocycles. The molecule has 1 aliphatic carbocycles. The van der Waals surface area contributed by atoms with Gasteiger partial charge in [-0.05, 0) is 12.8 Å². The van der Waals surface area contributed by atoms with E-state index in [0.29, 0.717) is 16.8 Å². The Morgan fingerprint density at radius 2 is 2.26 bits per heavy atom. The Labute approximate surface area is 119 Å². The van der Waals surface area contributed by atoms with Crippen LogP contribution in [0.4, 0.5) is 5.13 Å². The molecular weight excluding hydrogens is 284 g/mol. The van der Waals surface area contributed by atoms with Crippen molar-refractivity contribution in [3.63, 3.8) is 0 Å². The van der Waals surface area contributed by atoms with Gasteiger partial charge in [0.05, 0.1) is 5.88 Å². The average molecular weight is 298 g/mol. The van der Waals surface area contributed by atoms with Gasteiger partial charge in [0.2, 0.25) is 16.9 Å². The molecule has 1 aromatic rings. The third kappa shape index (κ3) is 2.59. The number of rotatable bonds is 3. The van der Waals surface area contributed by atoms with Gasteiger partial charge in [-0.25, -0.2) is 0 Å². The van der Waals surface area contributed by atoms with Crippen molar-refractivity contribution >= 4 is 40.0 Å². The third-order valence-corrected chi connectivity index (χ3v) is 5.13. The van der Waals surface area contributed by atoms with Crippen LogP contribution in [-0.2, 0) is 9.59 Å². The predicted octanol–water partition coefficient (Wildman–Crippen LogP) is 1.18. The molecular formula is C11H14N4O2S2. The highest BCUT2D eigenvalue weighted by atomic mass is 32.2. The first-order valence-electron chi connectivity index (χ1n) is 6.21. The van der Waals surface area contributed by atoms with Crippen LogP contribution in [0.2, 0.25) is 0 Å². The number of carbonyl (C=O) groups excluding carboxylic acids is 2. The number of nitrogens with one attached hydrogen (secondary N) is 1. The number of hydrogen-bond acceptors (Lipinski definition) is 6. The average Bonchev–Trinajstić information content (AvgIpc) is 2.96. The maximum atomic E-state index is 12.3. The smallest absolute Gasteiger partial charge is 0.249 e. The second-order valence-corrected chi connectivity index (χ2v) is 6.52. The molecule has 1 N–H and O–H groups in total. The van der Waals surface area contributed by atoms with E-state index in [4.69, 9.17) is 0 Å². The van der Waals surface area contributed by atoms with Gasteiger partial charge >= 0.3 is 0 Å². The standard InChI is InChI=1S/C11H14N4O2S2/c16-9(13-11-14-12-5-19-11)8-4-18-6-15(8)10(17)7-2-1-3-7/h5,7-8H,1-4,6H2,(H,13,14,16). The van der Waals surface area contributed by atoms with E-state index in [1.165, 1.54) is 11.3 Å². The Balaban J connectivity index is 1.65. The lowest BCUT2D eigenvalue weighted by Crippen LogP contribution is -2.47. The Morgan fingerprint density at radius 3 is 2.89 bits per heavy atom. The number of anilines is 1. The molecule has 0 bridgehead atoms. The number of hydrogen-bond donors (Lipinski definition) is 1. The van der Waals surface area contributed by atoms with Gasteiger partial charge in [0, 0.05) is 11.7 Å². The molecule has 8 heteroatoms. The molecule has 1 unspecified atom stereocenters. The summed E-state index contributed by atoms with van der Waals surface area (Å²) in [7, 11) is 0. The van der Waals surface area contributed by atoms with Crippen LogP contribution >= 0.6 is 23.1 Å². The first-order chi connectivity index (χ1) is 9.25. The van der Waals surface area contributed by atoms with E-state index >= 15 is 0 Å². The predicted molar refractivity (Wildman–Crippen MR) is 73.8 cm³/mol. The molecule has 0 aromatic carbocycles. The van der Waals surface area contributed by atoms with Crippen LogP contribution in [0.15, 0.2) is 5.51 Å². The van der Waals surface area contributed by atoms with Crippen molar-refractivity contribution in [3.05, 3.63) is 5.51 Å². The van der Waals surface area contributed by atoms with Crippen LogP contribution in [0.5, 0.6) is 0 Å². The SMILES string of the molecule is O=C(Nc1nncs1)C1CSCN1C(=O)C1CCC1. The topological polar surface area (TPSA) is 75.2 Å². The Bertz CT molecular complexity index is 475. The summed E-state index contributed by atoms with van der Waals surface area (Å²) < 4.78 is 0. The Hall–Kier alpha value is -1.15. The van der Waals surface area contributed by atoms with E-state index in [-0.39, 0.29) is 23.8 Å². The van der Waals surface area contributed by atoms with E-state index < -0.39 is 0 Å². The molecule has 1 aliphatic heterocycles. The van der Waals surface area contributed by atoms with E-state index in [0.717, 1.165) is 19.3 Å². The van der Waals surface area contributed by atoms with Gasteiger partial charge in [-0.3, -0.25) is 14.9 Å². The van der Waals surface area contributed by atoms with Crippen molar-refractivity contribution in [1.82, 2.24) is 15.1 Å². The summed E-state index contributed by atoms with van der Waals surface area (Å²) in [5, 5.41) is 10.7. The zero-order valence-corrected chi connectivity index (χ0v) is 11.9. The fourth-order valence-corrected chi connectivity index (χ4v) is 3.79. The molecule has 2 aliphatic rings. The van der Waals surface area contributed by atoms with Crippen LogP contribution < -0.4 is 5.32 Å². The molecule has 19 heavy (non-hydrogen) atoms. The maximum absolute atomic E-state index is 12.3. The molecule has 6 nitrogen and oxygen atoms in total. The van der Waals surface area contributed by atoms with E-state index in [1.807, 2.05) is 0 Å². The van der Waals surface area contributed by atoms with Gasteiger partial charge in [0.1, 0.15) is 11.6 Å². The third-order valence-electron chi connectivity index (χ3n) is 3.51. The number of aromatic nitrogens is 2. The number of nitrogens with zero attached hydrogens (tertiary/aromatic N) is 3. The summed E-state index contributed by atoms with van der Waals surface area (Å²) in [6.45, 7) is 0. The minimum absolute atomic E-state index is 0.133. The summed E-state index contributed by atoms with van der Waals surface area (Å²) >= 11 is 2.90. The van der Waals surface area contributed by atoms with Crippen molar-refractivity contribution in [3.8, 4) is 0 Å². The minimum atomic E-state index is -0.373.